The van der Waals surface area contributed by atoms with Gasteiger partial charge in [0.15, 0.2) is 0 Å². The van der Waals surface area contributed by atoms with Crippen molar-refractivity contribution in [2.75, 3.05) is 12.4 Å². The third-order valence-corrected chi connectivity index (χ3v) is 5.80. The van der Waals surface area contributed by atoms with Gasteiger partial charge in [-0.2, -0.15) is 13.2 Å². The topological polar surface area (TPSA) is 38.3 Å². The first-order valence-electron chi connectivity index (χ1n) is 9.14. The Balaban J connectivity index is 1.86. The van der Waals surface area contributed by atoms with Gasteiger partial charge in [-0.3, -0.25) is 0 Å². The lowest BCUT2D eigenvalue weighted by Gasteiger charge is -2.39. The minimum atomic E-state index is -4.43. The molecule has 0 saturated heterocycles. The second kappa shape index (κ2) is 6.69. The quantitative estimate of drug-likeness (QED) is 0.536. The number of ether oxygens (including phenoxy) is 1. The number of halogens is 3. The van der Waals surface area contributed by atoms with Crippen molar-refractivity contribution in [3.05, 3.63) is 76.4 Å². The molecule has 0 amide bonds. The van der Waals surface area contributed by atoms with Gasteiger partial charge in [0.05, 0.1) is 24.3 Å². The molecule has 0 fully saturated rings. The fourth-order valence-electron chi connectivity index (χ4n) is 4.48. The highest BCUT2D eigenvalue weighted by Crippen LogP contribution is 2.52. The molecule has 0 unspecified atom stereocenters. The normalized spacial score (nSPS) is 23.0. The van der Waals surface area contributed by atoms with Crippen LogP contribution in [0.1, 0.15) is 51.0 Å². The van der Waals surface area contributed by atoms with Crippen molar-refractivity contribution in [3.63, 3.8) is 0 Å². The molecule has 146 valence electrons. The third kappa shape index (κ3) is 2.87. The third-order valence-electron chi connectivity index (χ3n) is 5.80. The Bertz CT molecular complexity index is 965. The molecule has 0 spiro atoms. The number of methoxy groups -OCH3 is 1. The molecule has 0 bridgehead atoms. The van der Waals surface area contributed by atoms with E-state index in [4.69, 9.17) is 4.74 Å². The fourth-order valence-corrected chi connectivity index (χ4v) is 4.48. The van der Waals surface area contributed by atoms with E-state index in [2.05, 4.69) is 11.4 Å². The average molecular weight is 387 g/mol. The number of benzene rings is 2. The maximum absolute atomic E-state index is 13.6. The molecule has 0 radical (unpaired) electrons. The predicted molar refractivity (Wildman–Crippen MR) is 100 cm³/mol. The summed E-state index contributed by atoms with van der Waals surface area (Å²) in [7, 11) is 1.31. The van der Waals surface area contributed by atoms with Gasteiger partial charge in [-0.05, 0) is 48.1 Å². The first-order valence-corrected chi connectivity index (χ1v) is 9.14. The Morgan fingerprint density at radius 1 is 1.14 bits per heavy atom. The van der Waals surface area contributed by atoms with Gasteiger partial charge < -0.3 is 10.1 Å². The van der Waals surface area contributed by atoms with Crippen LogP contribution in [0, 0.1) is 12.8 Å². The van der Waals surface area contributed by atoms with Gasteiger partial charge in [-0.1, -0.05) is 36.4 Å². The number of esters is 1. The standard InChI is InChI=1S/C22H20F3NO2/c1-12-13(21(27)28-2)10-11-16-14-7-5-8-15(14)20(26-19(12)16)17-6-3-4-9-18(17)22(23,24)25/h3-7,9-11,14-15,20,26H,8H2,1-2H3/t14-,15+,20+/m1/s1. The maximum atomic E-state index is 13.6. The molecule has 0 aromatic heterocycles. The van der Waals surface area contributed by atoms with Gasteiger partial charge in [0.25, 0.3) is 0 Å². The van der Waals surface area contributed by atoms with Gasteiger partial charge in [-0.15, -0.1) is 0 Å². The van der Waals surface area contributed by atoms with Crippen LogP contribution >= 0.6 is 0 Å². The summed E-state index contributed by atoms with van der Waals surface area (Å²) in [4.78, 5) is 12.1. The molecule has 2 aromatic carbocycles. The Kier molecular flexibility index (Phi) is 4.44. The zero-order chi connectivity index (χ0) is 20.1. The largest absolute Gasteiger partial charge is 0.465 e. The second-order valence-electron chi connectivity index (χ2n) is 7.25. The molecule has 1 N–H and O–H groups in total. The predicted octanol–water partition coefficient (Wildman–Crippen LogP) is 5.63. The highest BCUT2D eigenvalue weighted by atomic mass is 19.4. The highest BCUT2D eigenvalue weighted by molar-refractivity contribution is 5.93. The molecule has 0 saturated carbocycles. The van der Waals surface area contributed by atoms with E-state index in [1.807, 2.05) is 12.1 Å². The fraction of sp³-hybridized carbons (Fsp3) is 0.318. The molecule has 3 nitrogen and oxygen atoms in total. The number of nitrogens with one attached hydrogen (secondary N) is 1. The number of hydrogen-bond acceptors (Lipinski definition) is 3. The summed E-state index contributed by atoms with van der Waals surface area (Å²) >= 11 is 0. The molecule has 1 aliphatic heterocycles. The number of carbonyl (C=O) groups excluding carboxylic acids is 1. The van der Waals surface area contributed by atoms with E-state index in [1.165, 1.54) is 13.2 Å². The number of anilines is 1. The molecule has 1 heterocycles. The van der Waals surface area contributed by atoms with Crippen LogP contribution in [0.2, 0.25) is 0 Å². The van der Waals surface area contributed by atoms with Crippen molar-refractivity contribution < 1.29 is 22.7 Å². The summed E-state index contributed by atoms with van der Waals surface area (Å²) in [5, 5.41) is 3.34. The maximum Gasteiger partial charge on any atom is 0.416 e. The number of carbonyl (C=O) groups is 1. The van der Waals surface area contributed by atoms with Crippen LogP contribution in [0.15, 0.2) is 48.6 Å². The molecule has 2 aromatic rings. The van der Waals surface area contributed by atoms with E-state index in [0.29, 0.717) is 17.5 Å². The van der Waals surface area contributed by atoms with Gasteiger partial charge in [0.2, 0.25) is 0 Å². The first-order chi connectivity index (χ1) is 13.3. The van der Waals surface area contributed by atoms with E-state index in [0.717, 1.165) is 17.3 Å². The SMILES string of the molecule is COC(=O)c1ccc2c(c1C)N[C@H](c1ccccc1C(F)(F)F)[C@H]1CC=C[C@@H]21. The van der Waals surface area contributed by atoms with Crippen LogP contribution in [0.3, 0.4) is 0 Å². The van der Waals surface area contributed by atoms with Crippen molar-refractivity contribution >= 4 is 11.7 Å². The summed E-state index contributed by atoms with van der Waals surface area (Å²) < 4.78 is 45.7. The van der Waals surface area contributed by atoms with Crippen LogP contribution < -0.4 is 5.32 Å². The van der Waals surface area contributed by atoms with Crippen LogP contribution in [0.5, 0.6) is 0 Å². The molecular formula is C22H20F3NO2. The number of hydrogen-bond donors (Lipinski definition) is 1. The van der Waals surface area contributed by atoms with Crippen LogP contribution in [-0.4, -0.2) is 13.1 Å². The summed E-state index contributed by atoms with van der Waals surface area (Å²) in [6.45, 7) is 1.80. The minimum absolute atomic E-state index is 0.00735. The summed E-state index contributed by atoms with van der Waals surface area (Å²) in [5.74, 6) is -0.467. The van der Waals surface area contributed by atoms with Gasteiger partial charge in [0.1, 0.15) is 0 Å². The van der Waals surface area contributed by atoms with Gasteiger partial charge in [-0.25, -0.2) is 4.79 Å². The van der Waals surface area contributed by atoms with Crippen molar-refractivity contribution in [3.8, 4) is 0 Å². The van der Waals surface area contributed by atoms with E-state index in [1.54, 1.807) is 25.1 Å². The summed E-state index contributed by atoms with van der Waals surface area (Å²) in [5.41, 5.74) is 2.45. The lowest BCUT2D eigenvalue weighted by atomic mass is 9.75. The zero-order valence-electron chi connectivity index (χ0n) is 15.5. The molecule has 4 rings (SSSR count). The minimum Gasteiger partial charge on any atom is -0.465 e. The van der Waals surface area contributed by atoms with E-state index >= 15 is 0 Å². The molecule has 28 heavy (non-hydrogen) atoms. The number of fused-ring (bicyclic) bond motifs is 3. The lowest BCUT2D eigenvalue weighted by molar-refractivity contribution is -0.138. The highest BCUT2D eigenvalue weighted by Gasteiger charge is 2.43. The van der Waals surface area contributed by atoms with Gasteiger partial charge in [0, 0.05) is 11.6 Å². The summed E-state index contributed by atoms with van der Waals surface area (Å²) in [6, 6.07) is 8.82. The number of allylic oxidation sites excluding steroid dienone is 2. The molecule has 6 heteroatoms. The molecular weight excluding hydrogens is 367 g/mol. The number of alkyl halides is 3. The van der Waals surface area contributed by atoms with Crippen LogP contribution in [-0.2, 0) is 10.9 Å². The van der Waals surface area contributed by atoms with Gasteiger partial charge >= 0.3 is 12.1 Å². The molecule has 2 aliphatic rings. The van der Waals surface area contributed by atoms with Crippen molar-refractivity contribution in [2.24, 2.45) is 5.92 Å². The first kappa shape index (κ1) is 18.6. The summed E-state index contributed by atoms with van der Waals surface area (Å²) in [6.07, 6.45) is 0.360. The Hall–Kier alpha value is -2.76. The van der Waals surface area contributed by atoms with Crippen LogP contribution in [0.4, 0.5) is 18.9 Å². The monoisotopic (exact) mass is 387 g/mol. The van der Waals surface area contributed by atoms with Crippen molar-refractivity contribution in [2.45, 2.75) is 31.5 Å². The Morgan fingerprint density at radius 2 is 1.89 bits per heavy atom. The van der Waals surface area contributed by atoms with E-state index in [-0.39, 0.29) is 17.4 Å². The molecule has 1 aliphatic carbocycles. The van der Waals surface area contributed by atoms with Crippen molar-refractivity contribution in [1.82, 2.24) is 0 Å². The average Bonchev–Trinajstić information content (AvgIpc) is 3.16. The Labute approximate surface area is 161 Å². The molecule has 3 atom stereocenters. The lowest BCUT2D eigenvalue weighted by Crippen LogP contribution is -2.31. The zero-order valence-corrected chi connectivity index (χ0v) is 15.5. The van der Waals surface area contributed by atoms with Crippen LogP contribution in [0.25, 0.3) is 0 Å². The smallest absolute Gasteiger partial charge is 0.416 e. The van der Waals surface area contributed by atoms with Crippen molar-refractivity contribution in [1.29, 1.82) is 0 Å². The second-order valence-corrected chi connectivity index (χ2v) is 7.25. The van der Waals surface area contributed by atoms with E-state index in [9.17, 15) is 18.0 Å². The Morgan fingerprint density at radius 3 is 2.61 bits per heavy atom. The van der Waals surface area contributed by atoms with E-state index < -0.39 is 23.8 Å². The number of rotatable bonds is 2.